The molecule has 102 valence electrons. The Hall–Kier alpha value is -1.80. The summed E-state index contributed by atoms with van der Waals surface area (Å²) in [6.07, 6.45) is 4.40. The van der Waals surface area contributed by atoms with Gasteiger partial charge in [0.25, 0.3) is 0 Å². The number of aryl methyl sites for hydroxylation is 1. The Bertz CT molecular complexity index is 638. The highest BCUT2D eigenvalue weighted by Gasteiger charge is 2.21. The van der Waals surface area contributed by atoms with Gasteiger partial charge in [-0.15, -0.1) is 10.2 Å². The standard InChI is InChI=1S/C11H15N5O2S/c1-3-16-8-13-14-11(16)9(2)15-19(17,18)10-5-4-6-12-7-10/h4-9,15H,3H2,1-2H3. The second-order valence-electron chi connectivity index (χ2n) is 4.01. The van der Waals surface area contributed by atoms with E-state index in [-0.39, 0.29) is 4.90 Å². The van der Waals surface area contributed by atoms with Crippen LogP contribution in [0.3, 0.4) is 0 Å². The number of aromatic nitrogens is 4. The van der Waals surface area contributed by atoms with Crippen LogP contribution in [0.25, 0.3) is 0 Å². The first-order valence-corrected chi connectivity index (χ1v) is 7.33. The van der Waals surface area contributed by atoms with Crippen LogP contribution in [0.4, 0.5) is 0 Å². The highest BCUT2D eigenvalue weighted by molar-refractivity contribution is 7.89. The van der Waals surface area contributed by atoms with Crippen LogP contribution in [0.5, 0.6) is 0 Å². The van der Waals surface area contributed by atoms with E-state index in [1.165, 1.54) is 18.5 Å². The molecule has 0 saturated heterocycles. The first-order valence-electron chi connectivity index (χ1n) is 5.84. The van der Waals surface area contributed by atoms with Crippen molar-refractivity contribution in [2.75, 3.05) is 0 Å². The van der Waals surface area contributed by atoms with Gasteiger partial charge in [0.1, 0.15) is 11.2 Å². The average Bonchev–Trinajstić information content (AvgIpc) is 2.87. The average molecular weight is 281 g/mol. The molecule has 0 aliphatic carbocycles. The van der Waals surface area contributed by atoms with Crippen LogP contribution in [-0.2, 0) is 16.6 Å². The Kier molecular flexibility index (Phi) is 3.91. The predicted octanol–water partition coefficient (Wildman–Crippen LogP) is 0.732. The number of nitrogens with zero attached hydrogens (tertiary/aromatic N) is 4. The normalized spacial score (nSPS) is 13.4. The third kappa shape index (κ3) is 2.96. The summed E-state index contributed by atoms with van der Waals surface area (Å²) in [4.78, 5) is 3.93. The lowest BCUT2D eigenvalue weighted by molar-refractivity contribution is 0.546. The van der Waals surface area contributed by atoms with Gasteiger partial charge in [-0.05, 0) is 26.0 Å². The molecular formula is C11H15N5O2S. The highest BCUT2D eigenvalue weighted by atomic mass is 32.2. The number of hydrogen-bond donors (Lipinski definition) is 1. The van der Waals surface area contributed by atoms with Gasteiger partial charge in [-0.25, -0.2) is 13.1 Å². The third-order valence-electron chi connectivity index (χ3n) is 2.65. The summed E-state index contributed by atoms with van der Waals surface area (Å²) in [6.45, 7) is 4.35. The summed E-state index contributed by atoms with van der Waals surface area (Å²) < 4.78 is 28.6. The van der Waals surface area contributed by atoms with Crippen molar-refractivity contribution < 1.29 is 8.42 Å². The summed E-state index contributed by atoms with van der Waals surface area (Å²) in [5.41, 5.74) is 0. The van der Waals surface area contributed by atoms with Crippen molar-refractivity contribution in [3.05, 3.63) is 36.7 Å². The molecule has 0 amide bonds. The molecule has 1 N–H and O–H groups in total. The van der Waals surface area contributed by atoms with Crippen LogP contribution < -0.4 is 4.72 Å². The zero-order valence-electron chi connectivity index (χ0n) is 10.7. The molecule has 0 aromatic carbocycles. The lowest BCUT2D eigenvalue weighted by atomic mass is 10.3. The second kappa shape index (κ2) is 5.45. The molecule has 0 aliphatic heterocycles. The van der Waals surface area contributed by atoms with E-state index >= 15 is 0 Å². The van der Waals surface area contributed by atoms with Crippen LogP contribution in [0, 0.1) is 0 Å². The zero-order valence-corrected chi connectivity index (χ0v) is 11.5. The number of sulfonamides is 1. The van der Waals surface area contributed by atoms with Gasteiger partial charge in [0.2, 0.25) is 10.0 Å². The van der Waals surface area contributed by atoms with Crippen LogP contribution in [0.2, 0.25) is 0 Å². The first-order chi connectivity index (χ1) is 9.04. The van der Waals surface area contributed by atoms with E-state index in [0.717, 1.165) is 0 Å². The topological polar surface area (TPSA) is 89.8 Å². The Labute approximate surface area is 111 Å². The van der Waals surface area contributed by atoms with Crippen molar-refractivity contribution in [3.63, 3.8) is 0 Å². The fourth-order valence-electron chi connectivity index (χ4n) is 1.70. The summed E-state index contributed by atoms with van der Waals surface area (Å²) in [5, 5.41) is 7.72. The molecule has 0 spiro atoms. The number of hydrogen-bond acceptors (Lipinski definition) is 5. The molecule has 0 aliphatic rings. The maximum absolute atomic E-state index is 12.1. The van der Waals surface area contributed by atoms with E-state index < -0.39 is 16.1 Å². The summed E-state index contributed by atoms with van der Waals surface area (Å²) in [7, 11) is -3.60. The Morgan fingerprint density at radius 2 is 2.26 bits per heavy atom. The van der Waals surface area contributed by atoms with Crippen LogP contribution >= 0.6 is 0 Å². The molecule has 0 saturated carbocycles. The molecule has 2 rings (SSSR count). The van der Waals surface area contributed by atoms with Crippen molar-refractivity contribution in [3.8, 4) is 0 Å². The van der Waals surface area contributed by atoms with Gasteiger partial charge in [0.05, 0.1) is 6.04 Å². The molecule has 0 fully saturated rings. The molecule has 0 radical (unpaired) electrons. The molecule has 7 nitrogen and oxygen atoms in total. The van der Waals surface area contributed by atoms with Crippen molar-refractivity contribution in [2.24, 2.45) is 0 Å². The number of pyridine rings is 1. The van der Waals surface area contributed by atoms with E-state index in [4.69, 9.17) is 0 Å². The molecule has 19 heavy (non-hydrogen) atoms. The fourth-order valence-corrected chi connectivity index (χ4v) is 2.87. The Morgan fingerprint density at radius 3 is 2.89 bits per heavy atom. The van der Waals surface area contributed by atoms with Gasteiger partial charge in [0.15, 0.2) is 5.82 Å². The van der Waals surface area contributed by atoms with Crippen LogP contribution in [0.15, 0.2) is 35.7 Å². The maximum atomic E-state index is 12.1. The summed E-state index contributed by atoms with van der Waals surface area (Å²) in [5.74, 6) is 0.579. The van der Waals surface area contributed by atoms with Crippen LogP contribution in [-0.4, -0.2) is 28.2 Å². The minimum atomic E-state index is -3.60. The van der Waals surface area contributed by atoms with Crippen LogP contribution in [0.1, 0.15) is 25.7 Å². The smallest absolute Gasteiger partial charge is 0.242 e. The Morgan fingerprint density at radius 1 is 1.47 bits per heavy atom. The SMILES string of the molecule is CCn1cnnc1C(C)NS(=O)(=O)c1cccnc1. The minimum absolute atomic E-state index is 0.129. The summed E-state index contributed by atoms with van der Waals surface area (Å²) >= 11 is 0. The van der Waals surface area contributed by atoms with Crippen molar-refractivity contribution in [1.82, 2.24) is 24.5 Å². The third-order valence-corrected chi connectivity index (χ3v) is 4.18. The molecule has 2 aromatic rings. The number of rotatable bonds is 5. The van der Waals surface area contributed by atoms with Gasteiger partial charge >= 0.3 is 0 Å². The molecular weight excluding hydrogens is 266 g/mol. The maximum Gasteiger partial charge on any atom is 0.242 e. The Balaban J connectivity index is 2.22. The monoisotopic (exact) mass is 281 g/mol. The van der Waals surface area contributed by atoms with E-state index in [1.54, 1.807) is 23.9 Å². The molecule has 0 bridgehead atoms. The zero-order chi connectivity index (χ0) is 13.9. The van der Waals surface area contributed by atoms with Gasteiger partial charge in [-0.2, -0.15) is 0 Å². The molecule has 1 unspecified atom stereocenters. The molecule has 1 atom stereocenters. The number of nitrogens with one attached hydrogen (secondary N) is 1. The van der Waals surface area contributed by atoms with Crippen molar-refractivity contribution in [1.29, 1.82) is 0 Å². The lowest BCUT2D eigenvalue weighted by Gasteiger charge is -2.14. The van der Waals surface area contributed by atoms with E-state index in [0.29, 0.717) is 12.4 Å². The van der Waals surface area contributed by atoms with E-state index in [2.05, 4.69) is 19.9 Å². The van der Waals surface area contributed by atoms with Gasteiger partial charge < -0.3 is 4.57 Å². The first kappa shape index (κ1) is 13.6. The molecule has 2 aromatic heterocycles. The molecule has 8 heteroatoms. The van der Waals surface area contributed by atoms with E-state index in [9.17, 15) is 8.42 Å². The fraction of sp³-hybridized carbons (Fsp3) is 0.364. The van der Waals surface area contributed by atoms with E-state index in [1.807, 2.05) is 6.92 Å². The molecule has 2 heterocycles. The minimum Gasteiger partial charge on any atom is -0.317 e. The van der Waals surface area contributed by atoms with Crippen molar-refractivity contribution in [2.45, 2.75) is 31.3 Å². The van der Waals surface area contributed by atoms with Gasteiger partial charge in [-0.1, -0.05) is 0 Å². The quantitative estimate of drug-likeness (QED) is 0.872. The predicted molar refractivity (Wildman–Crippen MR) is 68.7 cm³/mol. The highest BCUT2D eigenvalue weighted by Crippen LogP contribution is 2.14. The van der Waals surface area contributed by atoms with Gasteiger partial charge in [0, 0.05) is 18.9 Å². The van der Waals surface area contributed by atoms with Crippen molar-refractivity contribution >= 4 is 10.0 Å². The summed E-state index contributed by atoms with van der Waals surface area (Å²) in [6, 6.07) is 2.60. The lowest BCUT2D eigenvalue weighted by Crippen LogP contribution is -2.28. The second-order valence-corrected chi connectivity index (χ2v) is 5.72. The largest absolute Gasteiger partial charge is 0.317 e. The van der Waals surface area contributed by atoms with Gasteiger partial charge in [-0.3, -0.25) is 4.98 Å².